The molecule has 1 heterocycles. The van der Waals surface area contributed by atoms with Crippen LogP contribution in [0.25, 0.3) is 0 Å². The van der Waals surface area contributed by atoms with Gasteiger partial charge in [0.05, 0.1) is 6.20 Å². The third-order valence-corrected chi connectivity index (χ3v) is 2.42. The number of carbonyl (C=O) groups excluding carboxylic acids is 1. The van der Waals surface area contributed by atoms with Crippen molar-refractivity contribution in [3.05, 3.63) is 29.2 Å². The molecule has 0 aliphatic heterocycles. The van der Waals surface area contributed by atoms with Crippen LogP contribution in [0.1, 0.15) is 24.1 Å². The molecule has 0 spiro atoms. The highest BCUT2D eigenvalue weighted by atomic mass is 16.1. The maximum absolute atomic E-state index is 10.9. The number of hydrogen-bond donors (Lipinski definition) is 2. The molecule has 0 aromatic carbocycles. The van der Waals surface area contributed by atoms with Crippen molar-refractivity contribution in [3.8, 4) is 0 Å². The van der Waals surface area contributed by atoms with Crippen molar-refractivity contribution in [2.24, 2.45) is 0 Å². The van der Waals surface area contributed by atoms with Crippen molar-refractivity contribution in [2.45, 2.75) is 26.3 Å². The third kappa shape index (κ3) is 1.84. The quantitative estimate of drug-likeness (QED) is 0.751. The number of aryl methyl sites for hydroxylation is 1. The molecule has 2 N–H and O–H groups in total. The Morgan fingerprint density at radius 1 is 1.57 bits per heavy atom. The molecule has 2 rings (SSSR count). The summed E-state index contributed by atoms with van der Waals surface area (Å²) in [5.41, 5.74) is 3.25. The minimum absolute atomic E-state index is 0.219. The maximum atomic E-state index is 10.9. The molecule has 0 amide bonds. The Morgan fingerprint density at radius 2 is 2.43 bits per heavy atom. The van der Waals surface area contributed by atoms with Crippen molar-refractivity contribution in [1.82, 2.24) is 15.5 Å². The summed E-state index contributed by atoms with van der Waals surface area (Å²) < 4.78 is 0. The van der Waals surface area contributed by atoms with Gasteiger partial charge in [0.1, 0.15) is 0 Å². The van der Waals surface area contributed by atoms with Crippen molar-refractivity contribution in [3.63, 3.8) is 0 Å². The summed E-state index contributed by atoms with van der Waals surface area (Å²) >= 11 is 0. The number of nitrogens with zero attached hydrogens (tertiary/aromatic N) is 1. The summed E-state index contributed by atoms with van der Waals surface area (Å²) in [5.74, 6) is 0.219. The van der Waals surface area contributed by atoms with Gasteiger partial charge in [-0.25, -0.2) is 0 Å². The van der Waals surface area contributed by atoms with Gasteiger partial charge in [-0.3, -0.25) is 9.89 Å². The molecule has 1 aliphatic rings. The average molecular weight is 191 g/mol. The van der Waals surface area contributed by atoms with Gasteiger partial charge in [-0.15, -0.1) is 0 Å². The minimum atomic E-state index is 0.219. The molecule has 0 radical (unpaired) electrons. The van der Waals surface area contributed by atoms with E-state index in [1.54, 1.807) is 12.3 Å². The van der Waals surface area contributed by atoms with E-state index in [9.17, 15) is 4.79 Å². The van der Waals surface area contributed by atoms with Gasteiger partial charge in [-0.2, -0.15) is 5.10 Å². The molecular formula is C10H13N3O. The van der Waals surface area contributed by atoms with Gasteiger partial charge in [0, 0.05) is 36.0 Å². The highest BCUT2D eigenvalue weighted by Crippen LogP contribution is 2.13. The molecule has 0 saturated heterocycles. The first-order chi connectivity index (χ1) is 6.75. The zero-order valence-electron chi connectivity index (χ0n) is 8.13. The van der Waals surface area contributed by atoms with Crippen LogP contribution in [0.2, 0.25) is 0 Å². The van der Waals surface area contributed by atoms with Gasteiger partial charge in [-0.05, 0) is 13.3 Å². The normalized spacial score (nSPS) is 15.8. The van der Waals surface area contributed by atoms with Crippen molar-refractivity contribution < 1.29 is 4.79 Å². The zero-order valence-corrected chi connectivity index (χ0v) is 8.13. The van der Waals surface area contributed by atoms with E-state index in [2.05, 4.69) is 15.5 Å². The van der Waals surface area contributed by atoms with Crippen molar-refractivity contribution in [1.29, 1.82) is 0 Å². The van der Waals surface area contributed by atoms with Crippen molar-refractivity contribution in [2.75, 3.05) is 0 Å². The second-order valence-corrected chi connectivity index (χ2v) is 3.51. The van der Waals surface area contributed by atoms with Crippen LogP contribution in [0.5, 0.6) is 0 Å². The van der Waals surface area contributed by atoms with E-state index >= 15 is 0 Å². The summed E-state index contributed by atoms with van der Waals surface area (Å²) in [6, 6.07) is 0. The number of ketones is 1. The molecule has 1 aromatic rings. The number of rotatable bonds is 3. The monoisotopic (exact) mass is 191 g/mol. The van der Waals surface area contributed by atoms with Crippen LogP contribution < -0.4 is 5.32 Å². The van der Waals surface area contributed by atoms with Crippen LogP contribution in [0.3, 0.4) is 0 Å². The maximum Gasteiger partial charge on any atom is 0.157 e. The first kappa shape index (κ1) is 8.99. The fourth-order valence-corrected chi connectivity index (χ4v) is 1.50. The molecule has 0 atom stereocenters. The predicted molar refractivity (Wildman–Crippen MR) is 52.5 cm³/mol. The van der Waals surface area contributed by atoms with E-state index in [1.807, 2.05) is 6.92 Å². The van der Waals surface area contributed by atoms with Crippen molar-refractivity contribution >= 4 is 5.78 Å². The second-order valence-electron chi connectivity index (χ2n) is 3.51. The van der Waals surface area contributed by atoms with Crippen LogP contribution in [-0.2, 0) is 11.3 Å². The summed E-state index contributed by atoms with van der Waals surface area (Å²) in [4.78, 5) is 10.9. The average Bonchev–Trinajstić information content (AvgIpc) is 2.72. The third-order valence-electron chi connectivity index (χ3n) is 2.42. The lowest BCUT2D eigenvalue weighted by atomic mass is 10.2. The van der Waals surface area contributed by atoms with E-state index in [0.717, 1.165) is 29.9 Å². The van der Waals surface area contributed by atoms with Crippen LogP contribution in [0.4, 0.5) is 0 Å². The van der Waals surface area contributed by atoms with E-state index in [-0.39, 0.29) is 5.78 Å². The first-order valence-electron chi connectivity index (χ1n) is 4.72. The predicted octanol–water partition coefficient (Wildman–Crippen LogP) is 1.05. The van der Waals surface area contributed by atoms with Crippen LogP contribution in [0.15, 0.2) is 18.0 Å². The Morgan fingerprint density at radius 3 is 3.00 bits per heavy atom. The molecular weight excluding hydrogens is 178 g/mol. The lowest BCUT2D eigenvalue weighted by Crippen LogP contribution is -2.11. The largest absolute Gasteiger partial charge is 0.384 e. The van der Waals surface area contributed by atoms with Crippen LogP contribution in [-0.4, -0.2) is 16.0 Å². The summed E-state index contributed by atoms with van der Waals surface area (Å²) in [6.45, 7) is 2.72. The van der Waals surface area contributed by atoms with Gasteiger partial charge in [-0.1, -0.05) is 0 Å². The molecule has 4 nitrogen and oxygen atoms in total. The molecule has 0 unspecified atom stereocenters. The molecule has 14 heavy (non-hydrogen) atoms. The Bertz CT molecular complexity index is 378. The molecule has 0 saturated carbocycles. The summed E-state index contributed by atoms with van der Waals surface area (Å²) in [7, 11) is 0. The number of carbonyl (C=O) groups is 1. The van der Waals surface area contributed by atoms with Gasteiger partial charge in [0.15, 0.2) is 5.78 Å². The van der Waals surface area contributed by atoms with Gasteiger partial charge < -0.3 is 5.32 Å². The van der Waals surface area contributed by atoms with Crippen LogP contribution in [0, 0.1) is 6.92 Å². The Labute approximate surface area is 82.4 Å². The molecule has 1 aromatic heterocycles. The molecule has 0 fully saturated rings. The summed E-state index contributed by atoms with van der Waals surface area (Å²) in [6.07, 6.45) is 4.98. The molecule has 0 bridgehead atoms. The Hall–Kier alpha value is -1.58. The minimum Gasteiger partial charge on any atom is -0.384 e. The standard InChI is InChI=1S/C10H13N3O/c1-7-8(6-12-13-7)5-11-9-2-3-10(14)4-9/h4,6,11H,2-3,5H2,1H3,(H,12,13). The number of aromatic amines is 1. The highest BCUT2D eigenvalue weighted by molar-refractivity contribution is 5.92. The van der Waals surface area contributed by atoms with Gasteiger partial charge in [0.2, 0.25) is 0 Å². The second kappa shape index (κ2) is 3.65. The number of allylic oxidation sites excluding steroid dienone is 2. The molecule has 1 aliphatic carbocycles. The zero-order chi connectivity index (χ0) is 9.97. The number of H-pyrrole nitrogens is 1. The van der Waals surface area contributed by atoms with Crippen LogP contribution >= 0.6 is 0 Å². The number of hydrogen-bond acceptors (Lipinski definition) is 3. The SMILES string of the molecule is Cc1[nH]ncc1CNC1=CC(=O)CC1. The summed E-state index contributed by atoms with van der Waals surface area (Å²) in [5, 5.41) is 10.0. The number of nitrogens with one attached hydrogen (secondary N) is 2. The van der Waals surface area contributed by atoms with Gasteiger partial charge >= 0.3 is 0 Å². The Kier molecular flexibility index (Phi) is 2.35. The van der Waals surface area contributed by atoms with E-state index in [4.69, 9.17) is 0 Å². The fraction of sp³-hybridized carbons (Fsp3) is 0.400. The lowest BCUT2D eigenvalue weighted by Gasteiger charge is -2.04. The van der Waals surface area contributed by atoms with E-state index < -0.39 is 0 Å². The van der Waals surface area contributed by atoms with Gasteiger partial charge in [0.25, 0.3) is 0 Å². The fourth-order valence-electron chi connectivity index (χ4n) is 1.50. The smallest absolute Gasteiger partial charge is 0.157 e. The Balaban J connectivity index is 1.92. The molecule has 74 valence electrons. The first-order valence-corrected chi connectivity index (χ1v) is 4.72. The van der Waals surface area contributed by atoms with E-state index in [0.29, 0.717) is 6.42 Å². The lowest BCUT2D eigenvalue weighted by molar-refractivity contribution is -0.114. The highest BCUT2D eigenvalue weighted by Gasteiger charge is 2.11. The number of aromatic nitrogens is 2. The topological polar surface area (TPSA) is 57.8 Å². The molecule has 4 heteroatoms. The van der Waals surface area contributed by atoms with E-state index in [1.165, 1.54) is 0 Å².